The lowest BCUT2D eigenvalue weighted by molar-refractivity contribution is -0.122. The Kier molecular flexibility index (Phi) is 3.73. The molecule has 1 unspecified atom stereocenters. The number of carbonyl (C=O) groups excluding carboxylic acids is 2. The molecule has 5 nitrogen and oxygen atoms in total. The maximum atomic E-state index is 12.2. The highest BCUT2D eigenvalue weighted by molar-refractivity contribution is 6.31. The van der Waals surface area contributed by atoms with E-state index in [4.69, 9.17) is 16.3 Å². The molecule has 0 fully saturated rings. The molecule has 0 radical (unpaired) electrons. The molecule has 2 aromatic rings. The Hall–Kier alpha value is -2.53. The van der Waals surface area contributed by atoms with Crippen molar-refractivity contribution < 1.29 is 14.3 Å². The zero-order chi connectivity index (χ0) is 15.7. The lowest BCUT2D eigenvalue weighted by Crippen LogP contribution is -2.34. The molecule has 1 heterocycles. The molecular weight excluding hydrogens is 304 g/mol. The number of hydrogen-bond acceptors (Lipinski definition) is 3. The van der Waals surface area contributed by atoms with E-state index in [1.165, 1.54) is 0 Å². The van der Waals surface area contributed by atoms with E-state index in [1.54, 1.807) is 49.4 Å². The predicted octanol–water partition coefficient (Wildman–Crippen LogP) is 3.31. The van der Waals surface area contributed by atoms with Crippen LogP contribution in [0.3, 0.4) is 0 Å². The third-order valence-electron chi connectivity index (χ3n) is 3.26. The van der Waals surface area contributed by atoms with E-state index in [0.717, 1.165) is 0 Å². The summed E-state index contributed by atoms with van der Waals surface area (Å²) in [5, 5.41) is 6.00. The number of benzene rings is 2. The minimum absolute atomic E-state index is 0.236. The third-order valence-corrected chi connectivity index (χ3v) is 3.49. The van der Waals surface area contributed by atoms with E-state index in [1.807, 2.05) is 0 Å². The van der Waals surface area contributed by atoms with Crippen molar-refractivity contribution in [2.24, 2.45) is 0 Å². The third kappa shape index (κ3) is 2.89. The van der Waals surface area contributed by atoms with Crippen molar-refractivity contribution in [2.75, 3.05) is 10.6 Å². The van der Waals surface area contributed by atoms with Gasteiger partial charge in [-0.15, -0.1) is 0 Å². The number of nitrogens with one attached hydrogen (secondary N) is 2. The van der Waals surface area contributed by atoms with E-state index in [0.29, 0.717) is 27.7 Å². The number of ether oxygens (including phenoxy) is 1. The van der Waals surface area contributed by atoms with Gasteiger partial charge in [0.05, 0.1) is 5.69 Å². The molecule has 0 aromatic heterocycles. The first-order chi connectivity index (χ1) is 10.5. The van der Waals surface area contributed by atoms with Gasteiger partial charge in [-0.1, -0.05) is 17.7 Å². The Balaban J connectivity index is 1.82. The second-order valence-electron chi connectivity index (χ2n) is 4.92. The van der Waals surface area contributed by atoms with Crippen molar-refractivity contribution in [1.29, 1.82) is 0 Å². The molecule has 6 heteroatoms. The SMILES string of the molecule is CC1Oc2ccc(C(=O)Nc3cccc(Cl)c3)cc2NC1=O. The van der Waals surface area contributed by atoms with E-state index in [2.05, 4.69) is 10.6 Å². The van der Waals surface area contributed by atoms with Crippen LogP contribution in [-0.2, 0) is 4.79 Å². The molecule has 3 rings (SSSR count). The van der Waals surface area contributed by atoms with Crippen LogP contribution in [0.2, 0.25) is 5.02 Å². The highest BCUT2D eigenvalue weighted by atomic mass is 35.5. The summed E-state index contributed by atoms with van der Waals surface area (Å²) in [6, 6.07) is 11.8. The highest BCUT2D eigenvalue weighted by Gasteiger charge is 2.24. The van der Waals surface area contributed by atoms with Crippen LogP contribution in [0, 0.1) is 0 Å². The molecule has 2 N–H and O–H groups in total. The molecule has 0 spiro atoms. The van der Waals surface area contributed by atoms with Gasteiger partial charge in [0.25, 0.3) is 11.8 Å². The van der Waals surface area contributed by atoms with Crippen molar-refractivity contribution >= 4 is 34.8 Å². The summed E-state index contributed by atoms with van der Waals surface area (Å²) in [4.78, 5) is 23.9. The summed E-state index contributed by atoms with van der Waals surface area (Å²) in [7, 11) is 0. The zero-order valence-electron chi connectivity index (χ0n) is 11.7. The first kappa shape index (κ1) is 14.4. The molecule has 1 aliphatic heterocycles. The van der Waals surface area contributed by atoms with Gasteiger partial charge >= 0.3 is 0 Å². The number of carbonyl (C=O) groups is 2. The first-order valence-electron chi connectivity index (χ1n) is 6.71. The zero-order valence-corrected chi connectivity index (χ0v) is 12.5. The van der Waals surface area contributed by atoms with E-state index < -0.39 is 6.10 Å². The molecule has 22 heavy (non-hydrogen) atoms. The number of fused-ring (bicyclic) bond motifs is 1. The maximum Gasteiger partial charge on any atom is 0.265 e. The second kappa shape index (κ2) is 5.69. The standard InChI is InChI=1S/C16H13ClN2O3/c1-9-15(20)19-13-7-10(5-6-14(13)22-9)16(21)18-12-4-2-3-11(17)8-12/h2-9H,1H3,(H,18,21)(H,19,20). The summed E-state index contributed by atoms with van der Waals surface area (Å²) in [6.45, 7) is 1.66. The minimum Gasteiger partial charge on any atom is -0.479 e. The van der Waals surface area contributed by atoms with Crippen molar-refractivity contribution in [2.45, 2.75) is 13.0 Å². The Morgan fingerprint density at radius 2 is 2.09 bits per heavy atom. The van der Waals surface area contributed by atoms with Gasteiger partial charge in [0.1, 0.15) is 5.75 Å². The van der Waals surface area contributed by atoms with E-state index >= 15 is 0 Å². The van der Waals surface area contributed by atoms with E-state index in [9.17, 15) is 9.59 Å². The molecule has 1 atom stereocenters. The smallest absolute Gasteiger partial charge is 0.265 e. The molecular formula is C16H13ClN2O3. The number of anilines is 2. The summed E-state index contributed by atoms with van der Waals surface area (Å²) < 4.78 is 5.45. The molecule has 0 bridgehead atoms. The fourth-order valence-electron chi connectivity index (χ4n) is 2.12. The largest absolute Gasteiger partial charge is 0.479 e. The molecule has 0 saturated heterocycles. The summed E-state index contributed by atoms with van der Waals surface area (Å²) in [5.74, 6) is 0.0178. The second-order valence-corrected chi connectivity index (χ2v) is 5.36. The van der Waals surface area contributed by atoms with Crippen molar-refractivity contribution in [3.8, 4) is 5.75 Å². The number of rotatable bonds is 2. The van der Waals surface area contributed by atoms with Crippen LogP contribution < -0.4 is 15.4 Å². The van der Waals surface area contributed by atoms with Crippen LogP contribution in [0.4, 0.5) is 11.4 Å². The van der Waals surface area contributed by atoms with Crippen LogP contribution >= 0.6 is 11.6 Å². The van der Waals surface area contributed by atoms with Crippen LogP contribution in [0.15, 0.2) is 42.5 Å². The molecule has 0 saturated carbocycles. The quantitative estimate of drug-likeness (QED) is 0.893. The van der Waals surface area contributed by atoms with Crippen molar-refractivity contribution in [3.05, 3.63) is 53.1 Å². The van der Waals surface area contributed by atoms with Crippen LogP contribution in [0.25, 0.3) is 0 Å². The maximum absolute atomic E-state index is 12.2. The fourth-order valence-corrected chi connectivity index (χ4v) is 2.31. The monoisotopic (exact) mass is 316 g/mol. The predicted molar refractivity (Wildman–Crippen MR) is 84.6 cm³/mol. The molecule has 1 aliphatic rings. The van der Waals surface area contributed by atoms with E-state index in [-0.39, 0.29) is 11.8 Å². The van der Waals surface area contributed by atoms with Gasteiger partial charge in [-0.3, -0.25) is 9.59 Å². The molecule has 0 aliphatic carbocycles. The Morgan fingerprint density at radius 1 is 1.27 bits per heavy atom. The van der Waals surface area contributed by atoms with Gasteiger partial charge in [-0.05, 0) is 43.3 Å². The average molecular weight is 317 g/mol. The fraction of sp³-hybridized carbons (Fsp3) is 0.125. The van der Waals surface area contributed by atoms with Crippen molar-refractivity contribution in [1.82, 2.24) is 0 Å². The lowest BCUT2D eigenvalue weighted by Gasteiger charge is -2.23. The average Bonchev–Trinajstić information content (AvgIpc) is 2.48. The summed E-state index contributed by atoms with van der Waals surface area (Å²) in [5.41, 5.74) is 1.50. The normalized spacial score (nSPS) is 16.3. The number of hydrogen-bond donors (Lipinski definition) is 2. The first-order valence-corrected chi connectivity index (χ1v) is 7.09. The lowest BCUT2D eigenvalue weighted by atomic mass is 10.1. The van der Waals surface area contributed by atoms with Gasteiger partial charge in [-0.25, -0.2) is 0 Å². The Bertz CT molecular complexity index is 761. The van der Waals surface area contributed by atoms with Gasteiger partial charge in [0.15, 0.2) is 6.10 Å². The molecule has 112 valence electrons. The Morgan fingerprint density at radius 3 is 2.86 bits per heavy atom. The van der Waals surface area contributed by atoms with Crippen LogP contribution in [0.5, 0.6) is 5.75 Å². The van der Waals surface area contributed by atoms with Gasteiger partial charge < -0.3 is 15.4 Å². The minimum atomic E-state index is -0.543. The van der Waals surface area contributed by atoms with Crippen molar-refractivity contribution in [3.63, 3.8) is 0 Å². The number of halogens is 1. The molecule has 2 amide bonds. The summed E-state index contributed by atoms with van der Waals surface area (Å²) in [6.07, 6.45) is -0.543. The van der Waals surface area contributed by atoms with Crippen LogP contribution in [0.1, 0.15) is 17.3 Å². The van der Waals surface area contributed by atoms with Gasteiger partial charge in [0.2, 0.25) is 0 Å². The van der Waals surface area contributed by atoms with Gasteiger partial charge in [-0.2, -0.15) is 0 Å². The van der Waals surface area contributed by atoms with Crippen LogP contribution in [-0.4, -0.2) is 17.9 Å². The highest BCUT2D eigenvalue weighted by Crippen LogP contribution is 2.30. The van der Waals surface area contributed by atoms with Gasteiger partial charge in [0, 0.05) is 16.3 Å². The molecule has 2 aromatic carbocycles. The summed E-state index contributed by atoms with van der Waals surface area (Å²) >= 11 is 5.88. The number of amides is 2. The topological polar surface area (TPSA) is 67.4 Å². The Labute approximate surface area is 132 Å².